The average molecular weight is 255 g/mol. The van der Waals surface area contributed by atoms with Crippen LogP contribution in [-0.2, 0) is 19.5 Å². The van der Waals surface area contributed by atoms with E-state index in [1.807, 2.05) is 18.5 Å². The van der Waals surface area contributed by atoms with E-state index in [9.17, 15) is 0 Å². The summed E-state index contributed by atoms with van der Waals surface area (Å²) in [6.45, 7) is 2.58. The van der Waals surface area contributed by atoms with Gasteiger partial charge in [-0.25, -0.2) is 0 Å². The molecule has 3 heteroatoms. The van der Waals surface area contributed by atoms with Gasteiger partial charge >= 0.3 is 0 Å². The predicted molar refractivity (Wildman–Crippen MR) is 78.6 cm³/mol. The molecule has 2 aromatic rings. The van der Waals surface area contributed by atoms with Crippen LogP contribution in [0.2, 0.25) is 0 Å². The molecule has 0 aliphatic carbocycles. The Morgan fingerprint density at radius 1 is 1.11 bits per heavy atom. The lowest BCUT2D eigenvalue weighted by Crippen LogP contribution is -2.20. The summed E-state index contributed by atoms with van der Waals surface area (Å²) >= 11 is 0. The number of nitrogens with two attached hydrogens (primary N) is 1. The second kappa shape index (κ2) is 7.02. The topological polar surface area (TPSA) is 42.2 Å². The lowest BCUT2D eigenvalue weighted by atomic mass is 10.1. The van der Waals surface area contributed by atoms with Gasteiger partial charge in [-0.05, 0) is 36.2 Å². The molecule has 0 amide bonds. The third kappa shape index (κ3) is 4.47. The first kappa shape index (κ1) is 13.7. The van der Waals surface area contributed by atoms with E-state index >= 15 is 0 Å². The highest BCUT2D eigenvalue weighted by molar-refractivity contribution is 5.23. The van der Waals surface area contributed by atoms with Crippen LogP contribution in [0.25, 0.3) is 0 Å². The van der Waals surface area contributed by atoms with Crippen LogP contribution in [0.3, 0.4) is 0 Å². The summed E-state index contributed by atoms with van der Waals surface area (Å²) < 4.78 is 0. The molecule has 0 fully saturated rings. The van der Waals surface area contributed by atoms with E-state index in [0.717, 1.165) is 19.5 Å². The maximum Gasteiger partial charge on any atom is 0.0300 e. The maximum atomic E-state index is 5.66. The highest BCUT2D eigenvalue weighted by Crippen LogP contribution is 2.08. The van der Waals surface area contributed by atoms with Crippen LogP contribution in [0.1, 0.15) is 16.7 Å². The second-order valence-corrected chi connectivity index (χ2v) is 4.87. The molecular formula is C16H21N3. The molecule has 2 N–H and O–H groups in total. The molecule has 2 rings (SSSR count). The normalized spacial score (nSPS) is 10.9. The van der Waals surface area contributed by atoms with Crippen molar-refractivity contribution in [1.29, 1.82) is 0 Å². The van der Waals surface area contributed by atoms with E-state index in [-0.39, 0.29) is 0 Å². The van der Waals surface area contributed by atoms with Crippen molar-refractivity contribution in [2.24, 2.45) is 5.73 Å². The minimum Gasteiger partial charge on any atom is -0.326 e. The maximum absolute atomic E-state index is 5.66. The molecule has 0 aliphatic rings. The summed E-state index contributed by atoms with van der Waals surface area (Å²) in [7, 11) is 2.14. The van der Waals surface area contributed by atoms with Gasteiger partial charge in [-0.3, -0.25) is 4.98 Å². The van der Waals surface area contributed by atoms with Gasteiger partial charge in [0.15, 0.2) is 0 Å². The quantitative estimate of drug-likeness (QED) is 0.860. The lowest BCUT2D eigenvalue weighted by molar-refractivity contribution is 0.331. The Labute approximate surface area is 115 Å². The van der Waals surface area contributed by atoms with Crippen LogP contribution in [0.4, 0.5) is 0 Å². The smallest absolute Gasteiger partial charge is 0.0300 e. The molecule has 19 heavy (non-hydrogen) atoms. The first-order valence-electron chi connectivity index (χ1n) is 6.63. The highest BCUT2D eigenvalue weighted by Gasteiger charge is 2.02. The van der Waals surface area contributed by atoms with Gasteiger partial charge in [0.2, 0.25) is 0 Å². The van der Waals surface area contributed by atoms with Gasteiger partial charge in [-0.15, -0.1) is 0 Å². The minimum atomic E-state index is 0.604. The summed E-state index contributed by atoms with van der Waals surface area (Å²) in [6, 6.07) is 12.6. The Bertz CT molecular complexity index is 496. The first-order chi connectivity index (χ1) is 9.28. The van der Waals surface area contributed by atoms with Gasteiger partial charge in [0.05, 0.1) is 0 Å². The Hall–Kier alpha value is -1.71. The molecule has 0 spiro atoms. The van der Waals surface area contributed by atoms with Crippen molar-refractivity contribution in [2.75, 3.05) is 13.6 Å². The third-order valence-corrected chi connectivity index (χ3v) is 3.18. The molecule has 1 heterocycles. The van der Waals surface area contributed by atoms with Crippen LogP contribution in [-0.4, -0.2) is 23.5 Å². The van der Waals surface area contributed by atoms with Crippen molar-refractivity contribution in [1.82, 2.24) is 9.88 Å². The van der Waals surface area contributed by atoms with Gasteiger partial charge in [0, 0.05) is 32.0 Å². The van der Waals surface area contributed by atoms with Crippen molar-refractivity contribution < 1.29 is 0 Å². The van der Waals surface area contributed by atoms with Crippen LogP contribution in [0.5, 0.6) is 0 Å². The molecular weight excluding hydrogens is 234 g/mol. The van der Waals surface area contributed by atoms with Crippen molar-refractivity contribution in [3.05, 3.63) is 65.5 Å². The third-order valence-electron chi connectivity index (χ3n) is 3.18. The zero-order valence-electron chi connectivity index (χ0n) is 11.4. The number of nitrogens with zero attached hydrogens (tertiary/aromatic N) is 2. The molecule has 0 atom stereocenters. The van der Waals surface area contributed by atoms with E-state index in [1.54, 1.807) is 0 Å². The number of benzene rings is 1. The number of aromatic nitrogens is 1. The number of hydrogen-bond donors (Lipinski definition) is 1. The molecule has 0 saturated carbocycles. The zero-order chi connectivity index (χ0) is 13.5. The Balaban J connectivity index is 1.85. The van der Waals surface area contributed by atoms with Gasteiger partial charge in [-0.1, -0.05) is 30.3 Å². The fourth-order valence-corrected chi connectivity index (χ4v) is 2.11. The predicted octanol–water partition coefficient (Wildman–Crippen LogP) is 2.21. The molecule has 3 nitrogen and oxygen atoms in total. The molecule has 0 bridgehead atoms. The van der Waals surface area contributed by atoms with Crippen LogP contribution in [0.15, 0.2) is 48.8 Å². The lowest BCUT2D eigenvalue weighted by Gasteiger charge is -2.17. The number of pyridine rings is 1. The van der Waals surface area contributed by atoms with Crippen molar-refractivity contribution in [3.63, 3.8) is 0 Å². The molecule has 0 aliphatic heterocycles. The van der Waals surface area contributed by atoms with Gasteiger partial charge in [-0.2, -0.15) is 0 Å². The van der Waals surface area contributed by atoms with Gasteiger partial charge in [0.1, 0.15) is 0 Å². The largest absolute Gasteiger partial charge is 0.326 e. The molecule has 1 aromatic carbocycles. The van der Waals surface area contributed by atoms with Crippen LogP contribution in [0, 0.1) is 0 Å². The molecule has 100 valence electrons. The summed E-state index contributed by atoms with van der Waals surface area (Å²) in [5.74, 6) is 0. The van der Waals surface area contributed by atoms with Crippen LogP contribution >= 0.6 is 0 Å². The van der Waals surface area contributed by atoms with E-state index in [0.29, 0.717) is 6.54 Å². The summed E-state index contributed by atoms with van der Waals surface area (Å²) in [5.41, 5.74) is 9.46. The first-order valence-corrected chi connectivity index (χ1v) is 6.63. The van der Waals surface area contributed by atoms with E-state index in [2.05, 4.69) is 47.3 Å². The van der Waals surface area contributed by atoms with Crippen molar-refractivity contribution >= 4 is 0 Å². The number of likely N-dealkylation sites (N-methyl/N-ethyl adjacent to an activating group) is 1. The van der Waals surface area contributed by atoms with E-state index in [1.165, 1.54) is 16.7 Å². The van der Waals surface area contributed by atoms with Crippen molar-refractivity contribution in [3.8, 4) is 0 Å². The fraction of sp³-hybridized carbons (Fsp3) is 0.312. The molecule has 0 unspecified atom stereocenters. The molecule has 0 saturated heterocycles. The molecule has 0 radical (unpaired) electrons. The summed E-state index contributed by atoms with van der Waals surface area (Å²) in [4.78, 5) is 6.46. The Morgan fingerprint density at radius 2 is 1.89 bits per heavy atom. The highest BCUT2D eigenvalue weighted by atomic mass is 15.1. The minimum absolute atomic E-state index is 0.604. The molecule has 1 aromatic heterocycles. The summed E-state index contributed by atoms with van der Waals surface area (Å²) in [5, 5.41) is 0. The van der Waals surface area contributed by atoms with Crippen molar-refractivity contribution in [2.45, 2.75) is 19.5 Å². The number of rotatable bonds is 6. The summed E-state index contributed by atoms with van der Waals surface area (Å²) in [6.07, 6.45) is 4.77. The zero-order valence-corrected chi connectivity index (χ0v) is 11.4. The Kier molecular flexibility index (Phi) is 5.07. The van der Waals surface area contributed by atoms with Crippen LogP contribution < -0.4 is 5.73 Å². The number of hydrogen-bond acceptors (Lipinski definition) is 3. The van der Waals surface area contributed by atoms with E-state index in [4.69, 9.17) is 5.73 Å². The van der Waals surface area contributed by atoms with Gasteiger partial charge in [0.25, 0.3) is 0 Å². The van der Waals surface area contributed by atoms with Gasteiger partial charge < -0.3 is 10.6 Å². The fourth-order valence-electron chi connectivity index (χ4n) is 2.11. The van der Waals surface area contributed by atoms with E-state index < -0.39 is 0 Å². The Morgan fingerprint density at radius 3 is 2.63 bits per heavy atom. The average Bonchev–Trinajstić information content (AvgIpc) is 2.46. The standard InChI is InChI=1S/C16H21N3/c1-19(9-7-14-6-3-8-18-12-14)13-16-5-2-4-15(10-16)11-17/h2-6,8,10,12H,7,9,11,13,17H2,1H3. The SMILES string of the molecule is CN(CCc1cccnc1)Cc1cccc(CN)c1. The monoisotopic (exact) mass is 255 g/mol. The second-order valence-electron chi connectivity index (χ2n) is 4.87.